The van der Waals surface area contributed by atoms with Gasteiger partial charge in [0, 0.05) is 30.1 Å². The van der Waals surface area contributed by atoms with Gasteiger partial charge in [0.1, 0.15) is 0 Å². The summed E-state index contributed by atoms with van der Waals surface area (Å²) in [5, 5.41) is 0. The fourth-order valence-corrected chi connectivity index (χ4v) is 3.23. The summed E-state index contributed by atoms with van der Waals surface area (Å²) in [4.78, 5) is 4.82. The molecule has 19 heavy (non-hydrogen) atoms. The zero-order chi connectivity index (χ0) is 13.8. The van der Waals surface area contributed by atoms with Crippen LogP contribution in [0.15, 0.2) is 28.7 Å². The molecule has 1 saturated heterocycles. The van der Waals surface area contributed by atoms with Gasteiger partial charge in [0.15, 0.2) is 0 Å². The van der Waals surface area contributed by atoms with E-state index < -0.39 is 0 Å². The average Bonchev–Trinajstić information content (AvgIpc) is 2.78. The van der Waals surface area contributed by atoms with Crippen molar-refractivity contribution in [3.63, 3.8) is 0 Å². The van der Waals surface area contributed by atoms with Gasteiger partial charge >= 0.3 is 0 Å². The van der Waals surface area contributed by atoms with E-state index >= 15 is 0 Å². The van der Waals surface area contributed by atoms with Crippen LogP contribution in [0.3, 0.4) is 0 Å². The number of rotatable bonds is 5. The van der Waals surface area contributed by atoms with E-state index in [2.05, 4.69) is 64.1 Å². The largest absolute Gasteiger partial charge is 0.329 e. The van der Waals surface area contributed by atoms with Crippen molar-refractivity contribution in [3.05, 3.63) is 34.3 Å². The van der Waals surface area contributed by atoms with Gasteiger partial charge in [-0.15, -0.1) is 0 Å². The molecule has 1 heterocycles. The number of hydrogen-bond donors (Lipinski definition) is 1. The molecule has 2 N–H and O–H groups in total. The van der Waals surface area contributed by atoms with Crippen LogP contribution in [0.4, 0.5) is 0 Å². The van der Waals surface area contributed by atoms with E-state index in [0.29, 0.717) is 12.6 Å². The van der Waals surface area contributed by atoms with E-state index in [1.165, 1.54) is 25.1 Å². The van der Waals surface area contributed by atoms with Crippen molar-refractivity contribution in [1.82, 2.24) is 9.80 Å². The molecule has 1 aromatic rings. The number of benzene rings is 1. The van der Waals surface area contributed by atoms with Crippen molar-refractivity contribution in [1.29, 1.82) is 0 Å². The van der Waals surface area contributed by atoms with Gasteiger partial charge in [-0.05, 0) is 50.7 Å². The molecule has 1 fully saturated rings. The summed E-state index contributed by atoms with van der Waals surface area (Å²) in [6.07, 6.45) is 1.30. The predicted molar refractivity (Wildman–Crippen MR) is 84.2 cm³/mol. The van der Waals surface area contributed by atoms with E-state index in [-0.39, 0.29) is 0 Å². The van der Waals surface area contributed by atoms with Gasteiger partial charge in [0.2, 0.25) is 0 Å². The Labute approximate surface area is 124 Å². The summed E-state index contributed by atoms with van der Waals surface area (Å²) in [5.74, 6) is 0.777. The standard InChI is InChI=1S/C15H24BrN3/c1-18-8-7-12(10-18)11-19(2)15(9-17)13-3-5-14(16)6-4-13/h3-6,12,15H,7-11,17H2,1-2H3. The van der Waals surface area contributed by atoms with Crippen LogP contribution in [0.2, 0.25) is 0 Å². The lowest BCUT2D eigenvalue weighted by molar-refractivity contribution is 0.211. The van der Waals surface area contributed by atoms with E-state index in [4.69, 9.17) is 5.73 Å². The summed E-state index contributed by atoms with van der Waals surface area (Å²) >= 11 is 3.48. The van der Waals surface area contributed by atoms with Crippen LogP contribution in [0, 0.1) is 5.92 Å². The van der Waals surface area contributed by atoms with E-state index in [1.807, 2.05) is 0 Å². The molecule has 0 aliphatic carbocycles. The molecule has 1 aromatic carbocycles. The second-order valence-electron chi connectivity index (χ2n) is 5.66. The maximum Gasteiger partial charge on any atom is 0.0467 e. The number of nitrogens with two attached hydrogens (primary N) is 1. The molecule has 0 aromatic heterocycles. The Bertz CT molecular complexity index is 393. The molecule has 1 aliphatic rings. The third-order valence-corrected chi connectivity index (χ3v) is 4.57. The molecule has 106 valence electrons. The van der Waals surface area contributed by atoms with Gasteiger partial charge in [-0.2, -0.15) is 0 Å². The Kier molecular flexibility index (Phi) is 5.39. The minimum atomic E-state index is 0.319. The first-order chi connectivity index (χ1) is 9.10. The Morgan fingerprint density at radius 2 is 2.11 bits per heavy atom. The highest BCUT2D eigenvalue weighted by atomic mass is 79.9. The van der Waals surface area contributed by atoms with E-state index in [0.717, 1.165) is 16.9 Å². The number of halogens is 1. The predicted octanol–water partition coefficient (Wildman–Crippen LogP) is 2.33. The molecule has 3 nitrogen and oxygen atoms in total. The molecule has 2 unspecified atom stereocenters. The maximum absolute atomic E-state index is 5.98. The average molecular weight is 326 g/mol. The van der Waals surface area contributed by atoms with Crippen LogP contribution in [0.5, 0.6) is 0 Å². The molecule has 0 bridgehead atoms. The van der Waals surface area contributed by atoms with Crippen molar-refractivity contribution in [3.8, 4) is 0 Å². The molecule has 0 radical (unpaired) electrons. The first kappa shape index (κ1) is 15.0. The Hall–Kier alpha value is -0.420. The summed E-state index contributed by atoms with van der Waals surface area (Å²) in [7, 11) is 4.40. The first-order valence-electron chi connectivity index (χ1n) is 6.94. The van der Waals surface area contributed by atoms with Crippen molar-refractivity contribution in [2.45, 2.75) is 12.5 Å². The molecular formula is C15H24BrN3. The molecule has 0 saturated carbocycles. The zero-order valence-electron chi connectivity index (χ0n) is 11.8. The maximum atomic E-state index is 5.98. The van der Waals surface area contributed by atoms with Crippen LogP contribution in [0.1, 0.15) is 18.0 Å². The molecule has 0 amide bonds. The SMILES string of the molecule is CN1CCC(CN(C)C(CN)c2ccc(Br)cc2)C1. The van der Waals surface area contributed by atoms with E-state index in [1.54, 1.807) is 0 Å². The van der Waals surface area contributed by atoms with Crippen LogP contribution in [-0.2, 0) is 0 Å². The Morgan fingerprint density at radius 3 is 2.63 bits per heavy atom. The lowest BCUT2D eigenvalue weighted by atomic mass is 10.0. The highest BCUT2D eigenvalue weighted by molar-refractivity contribution is 9.10. The second kappa shape index (κ2) is 6.84. The molecule has 1 aliphatic heterocycles. The smallest absolute Gasteiger partial charge is 0.0467 e. The molecule has 0 spiro atoms. The van der Waals surface area contributed by atoms with Gasteiger partial charge in [-0.25, -0.2) is 0 Å². The number of nitrogens with zero attached hydrogens (tertiary/aromatic N) is 2. The topological polar surface area (TPSA) is 32.5 Å². The Morgan fingerprint density at radius 1 is 1.42 bits per heavy atom. The normalized spacial score (nSPS) is 22.1. The van der Waals surface area contributed by atoms with Gasteiger partial charge in [-0.1, -0.05) is 28.1 Å². The van der Waals surface area contributed by atoms with Crippen molar-refractivity contribution < 1.29 is 0 Å². The number of hydrogen-bond acceptors (Lipinski definition) is 3. The molecule has 2 atom stereocenters. The summed E-state index contributed by atoms with van der Waals surface area (Å²) < 4.78 is 1.12. The lowest BCUT2D eigenvalue weighted by Gasteiger charge is -2.29. The minimum Gasteiger partial charge on any atom is -0.329 e. The Balaban J connectivity index is 1.98. The first-order valence-corrected chi connectivity index (χ1v) is 7.73. The third-order valence-electron chi connectivity index (χ3n) is 4.05. The van der Waals surface area contributed by atoms with Gasteiger partial charge in [0.05, 0.1) is 0 Å². The molecule has 4 heteroatoms. The second-order valence-corrected chi connectivity index (χ2v) is 6.58. The fourth-order valence-electron chi connectivity index (χ4n) is 2.97. The van der Waals surface area contributed by atoms with Crippen molar-refractivity contribution in [2.75, 3.05) is 40.3 Å². The van der Waals surface area contributed by atoms with Crippen molar-refractivity contribution in [2.24, 2.45) is 11.7 Å². The van der Waals surface area contributed by atoms with Crippen LogP contribution >= 0.6 is 15.9 Å². The lowest BCUT2D eigenvalue weighted by Crippen LogP contribution is -2.35. The zero-order valence-corrected chi connectivity index (χ0v) is 13.4. The minimum absolute atomic E-state index is 0.319. The quantitative estimate of drug-likeness (QED) is 0.901. The van der Waals surface area contributed by atoms with Gasteiger partial charge in [0.25, 0.3) is 0 Å². The summed E-state index contributed by atoms with van der Waals surface area (Å²) in [5.41, 5.74) is 7.29. The van der Waals surface area contributed by atoms with Gasteiger partial charge < -0.3 is 10.6 Å². The highest BCUT2D eigenvalue weighted by Crippen LogP contribution is 2.23. The number of likely N-dealkylation sites (tertiary alicyclic amines) is 1. The van der Waals surface area contributed by atoms with Gasteiger partial charge in [-0.3, -0.25) is 4.90 Å². The van der Waals surface area contributed by atoms with E-state index in [9.17, 15) is 0 Å². The third kappa shape index (κ3) is 4.02. The highest BCUT2D eigenvalue weighted by Gasteiger charge is 2.24. The number of likely N-dealkylation sites (N-methyl/N-ethyl adjacent to an activating group) is 1. The molecule has 2 rings (SSSR count). The fraction of sp³-hybridized carbons (Fsp3) is 0.600. The molecular weight excluding hydrogens is 302 g/mol. The van der Waals surface area contributed by atoms with Crippen LogP contribution in [0.25, 0.3) is 0 Å². The van der Waals surface area contributed by atoms with Crippen molar-refractivity contribution >= 4 is 15.9 Å². The summed E-state index contributed by atoms with van der Waals surface area (Å²) in [6.45, 7) is 4.23. The monoisotopic (exact) mass is 325 g/mol. The summed E-state index contributed by atoms with van der Waals surface area (Å²) in [6, 6.07) is 8.83. The van der Waals surface area contributed by atoms with Crippen LogP contribution in [-0.4, -0.2) is 50.1 Å². The van der Waals surface area contributed by atoms with Crippen LogP contribution < -0.4 is 5.73 Å².